The van der Waals surface area contributed by atoms with E-state index in [0.717, 1.165) is 5.56 Å². The van der Waals surface area contributed by atoms with Crippen molar-refractivity contribution in [2.45, 2.75) is 25.6 Å². The standard InChI is InChI=1S/C17H21N3O4/c1-17(2)11-20(9-13(23-17)10-22-3)16(21)14-8-15(24-19-14)12-4-6-18-7-5-12/h4-8,13H,9-11H2,1-3H3/t13-/m1/s1. The lowest BCUT2D eigenvalue weighted by atomic mass is 10.0. The summed E-state index contributed by atoms with van der Waals surface area (Å²) in [5.74, 6) is 0.373. The van der Waals surface area contributed by atoms with Gasteiger partial charge in [-0.15, -0.1) is 0 Å². The molecule has 1 fully saturated rings. The second-order valence-electron chi connectivity index (χ2n) is 6.45. The van der Waals surface area contributed by atoms with Gasteiger partial charge >= 0.3 is 0 Å². The van der Waals surface area contributed by atoms with E-state index < -0.39 is 5.60 Å². The van der Waals surface area contributed by atoms with Gasteiger partial charge in [0.2, 0.25) is 0 Å². The summed E-state index contributed by atoms with van der Waals surface area (Å²) in [5, 5.41) is 3.93. The highest BCUT2D eigenvalue weighted by atomic mass is 16.5. The van der Waals surface area contributed by atoms with Crippen LogP contribution in [0.4, 0.5) is 0 Å². The molecule has 1 amide bonds. The van der Waals surface area contributed by atoms with Crippen molar-refractivity contribution in [2.75, 3.05) is 26.8 Å². The minimum absolute atomic E-state index is 0.158. The number of morpholine rings is 1. The van der Waals surface area contributed by atoms with E-state index in [1.165, 1.54) is 0 Å². The number of carbonyl (C=O) groups is 1. The van der Waals surface area contributed by atoms with Gasteiger partial charge in [0, 0.05) is 44.2 Å². The number of rotatable bonds is 4. The van der Waals surface area contributed by atoms with Gasteiger partial charge in [-0.1, -0.05) is 5.16 Å². The number of carbonyl (C=O) groups excluding carboxylic acids is 1. The maximum atomic E-state index is 12.8. The SMILES string of the molecule is COC[C@H]1CN(C(=O)c2cc(-c3ccncc3)on2)CC(C)(C)O1. The fourth-order valence-electron chi connectivity index (χ4n) is 2.91. The number of amides is 1. The molecular weight excluding hydrogens is 310 g/mol. The van der Waals surface area contributed by atoms with E-state index in [-0.39, 0.29) is 17.7 Å². The Morgan fingerprint density at radius 2 is 2.17 bits per heavy atom. The second kappa shape index (κ2) is 6.70. The van der Waals surface area contributed by atoms with Gasteiger partial charge < -0.3 is 18.9 Å². The van der Waals surface area contributed by atoms with Crippen LogP contribution in [0.25, 0.3) is 11.3 Å². The lowest BCUT2D eigenvalue weighted by Crippen LogP contribution is -2.55. The van der Waals surface area contributed by atoms with E-state index in [2.05, 4.69) is 10.1 Å². The zero-order chi connectivity index (χ0) is 17.2. The predicted octanol–water partition coefficient (Wildman–Crippen LogP) is 2.00. The molecule has 0 aromatic carbocycles. The predicted molar refractivity (Wildman–Crippen MR) is 86.5 cm³/mol. The molecular formula is C17H21N3O4. The maximum Gasteiger partial charge on any atom is 0.276 e. The van der Waals surface area contributed by atoms with Crippen LogP contribution in [-0.4, -0.2) is 59.5 Å². The number of ether oxygens (including phenoxy) is 2. The zero-order valence-electron chi connectivity index (χ0n) is 14.1. The average molecular weight is 331 g/mol. The summed E-state index contributed by atoms with van der Waals surface area (Å²) in [5.41, 5.74) is 0.682. The smallest absolute Gasteiger partial charge is 0.276 e. The Balaban J connectivity index is 1.77. The van der Waals surface area contributed by atoms with Crippen molar-refractivity contribution in [1.29, 1.82) is 0 Å². The second-order valence-corrected chi connectivity index (χ2v) is 6.45. The van der Waals surface area contributed by atoms with Crippen molar-refractivity contribution >= 4 is 5.91 Å². The molecule has 7 nitrogen and oxygen atoms in total. The Kier molecular flexibility index (Phi) is 4.64. The first-order valence-corrected chi connectivity index (χ1v) is 7.82. The van der Waals surface area contributed by atoms with Crippen LogP contribution in [0.5, 0.6) is 0 Å². The van der Waals surface area contributed by atoms with Crippen molar-refractivity contribution in [3.8, 4) is 11.3 Å². The number of aromatic nitrogens is 2. The third kappa shape index (κ3) is 3.63. The van der Waals surface area contributed by atoms with E-state index in [4.69, 9.17) is 14.0 Å². The minimum atomic E-state index is -0.436. The Bertz CT molecular complexity index is 699. The molecule has 24 heavy (non-hydrogen) atoms. The van der Waals surface area contributed by atoms with Crippen molar-refractivity contribution in [3.05, 3.63) is 36.3 Å². The Morgan fingerprint density at radius 1 is 1.42 bits per heavy atom. The molecule has 1 aliphatic rings. The highest BCUT2D eigenvalue weighted by molar-refractivity contribution is 5.93. The first kappa shape index (κ1) is 16.6. The molecule has 0 saturated carbocycles. The summed E-state index contributed by atoms with van der Waals surface area (Å²) < 4.78 is 16.4. The molecule has 1 aliphatic heterocycles. The summed E-state index contributed by atoms with van der Waals surface area (Å²) in [6, 6.07) is 5.27. The summed E-state index contributed by atoms with van der Waals surface area (Å²) in [4.78, 5) is 18.5. The van der Waals surface area contributed by atoms with E-state index in [1.54, 1.807) is 42.6 Å². The summed E-state index contributed by atoms with van der Waals surface area (Å²) in [6.45, 7) is 5.31. The van der Waals surface area contributed by atoms with Crippen LogP contribution in [0.1, 0.15) is 24.3 Å². The van der Waals surface area contributed by atoms with Crippen LogP contribution in [0, 0.1) is 0 Å². The van der Waals surface area contributed by atoms with Crippen molar-refractivity contribution in [3.63, 3.8) is 0 Å². The third-order valence-corrected chi connectivity index (χ3v) is 3.82. The molecule has 1 atom stereocenters. The van der Waals surface area contributed by atoms with Crippen molar-refractivity contribution in [2.24, 2.45) is 0 Å². The van der Waals surface area contributed by atoms with E-state index in [1.807, 2.05) is 13.8 Å². The lowest BCUT2D eigenvalue weighted by Gasteiger charge is -2.42. The molecule has 3 heterocycles. The molecule has 7 heteroatoms. The molecule has 0 radical (unpaired) electrons. The van der Waals surface area contributed by atoms with E-state index >= 15 is 0 Å². The molecule has 2 aromatic heterocycles. The monoisotopic (exact) mass is 331 g/mol. The number of hydrogen-bond acceptors (Lipinski definition) is 6. The molecule has 0 aliphatic carbocycles. The molecule has 3 rings (SSSR count). The number of hydrogen-bond donors (Lipinski definition) is 0. The van der Waals surface area contributed by atoms with Gasteiger partial charge in [-0.25, -0.2) is 0 Å². The number of methoxy groups -OCH3 is 1. The van der Waals surface area contributed by atoms with Gasteiger partial charge in [0.05, 0.1) is 18.3 Å². The highest BCUT2D eigenvalue weighted by Crippen LogP contribution is 2.24. The van der Waals surface area contributed by atoms with Crippen LogP contribution in [0.3, 0.4) is 0 Å². The molecule has 0 bridgehead atoms. The van der Waals surface area contributed by atoms with Gasteiger partial charge in [-0.3, -0.25) is 9.78 Å². The van der Waals surface area contributed by atoms with Crippen LogP contribution in [0.2, 0.25) is 0 Å². The minimum Gasteiger partial charge on any atom is -0.382 e. The topological polar surface area (TPSA) is 77.7 Å². The van der Waals surface area contributed by atoms with Crippen molar-refractivity contribution < 1.29 is 18.8 Å². The zero-order valence-corrected chi connectivity index (χ0v) is 14.1. The summed E-state index contributed by atoms with van der Waals surface area (Å²) in [6.07, 6.45) is 3.17. The van der Waals surface area contributed by atoms with Gasteiger partial charge in [0.15, 0.2) is 11.5 Å². The Labute approximate surface area is 140 Å². The van der Waals surface area contributed by atoms with E-state index in [0.29, 0.717) is 25.5 Å². The first-order chi connectivity index (χ1) is 11.5. The molecule has 0 unspecified atom stereocenters. The maximum absolute atomic E-state index is 12.8. The van der Waals surface area contributed by atoms with Crippen molar-refractivity contribution in [1.82, 2.24) is 15.0 Å². The summed E-state index contributed by atoms with van der Waals surface area (Å²) >= 11 is 0. The fraction of sp³-hybridized carbons (Fsp3) is 0.471. The van der Waals surface area contributed by atoms with E-state index in [9.17, 15) is 4.79 Å². The summed E-state index contributed by atoms with van der Waals surface area (Å²) in [7, 11) is 1.62. The van der Waals surface area contributed by atoms with Crippen LogP contribution < -0.4 is 0 Å². The van der Waals surface area contributed by atoms with Gasteiger partial charge in [0.1, 0.15) is 0 Å². The molecule has 0 N–H and O–H groups in total. The Hall–Kier alpha value is -2.25. The van der Waals surface area contributed by atoms with Crippen LogP contribution >= 0.6 is 0 Å². The average Bonchev–Trinajstić information content (AvgIpc) is 3.04. The number of pyridine rings is 1. The Morgan fingerprint density at radius 3 is 2.88 bits per heavy atom. The quantitative estimate of drug-likeness (QED) is 0.853. The molecule has 128 valence electrons. The molecule has 0 spiro atoms. The number of nitrogens with zero attached hydrogens (tertiary/aromatic N) is 3. The van der Waals surface area contributed by atoms with Gasteiger partial charge in [-0.2, -0.15) is 0 Å². The largest absolute Gasteiger partial charge is 0.382 e. The highest BCUT2D eigenvalue weighted by Gasteiger charge is 2.36. The molecule has 2 aromatic rings. The van der Waals surface area contributed by atoms with Gasteiger partial charge in [-0.05, 0) is 26.0 Å². The lowest BCUT2D eigenvalue weighted by molar-refractivity contribution is -0.143. The molecule has 1 saturated heterocycles. The first-order valence-electron chi connectivity index (χ1n) is 7.82. The van der Waals surface area contributed by atoms with Crippen LogP contribution in [-0.2, 0) is 9.47 Å². The third-order valence-electron chi connectivity index (χ3n) is 3.82. The fourth-order valence-corrected chi connectivity index (χ4v) is 2.91. The van der Waals surface area contributed by atoms with Gasteiger partial charge in [0.25, 0.3) is 5.91 Å². The van der Waals surface area contributed by atoms with Crippen LogP contribution in [0.15, 0.2) is 35.1 Å². The normalized spacial score (nSPS) is 20.1.